The minimum Gasteiger partial charge on any atom is -0.493 e. The Balaban J connectivity index is 1.50. The van der Waals surface area contributed by atoms with Crippen molar-refractivity contribution >= 4 is 5.71 Å². The van der Waals surface area contributed by atoms with Gasteiger partial charge < -0.3 is 14.5 Å². The fourth-order valence-corrected chi connectivity index (χ4v) is 3.99. The van der Waals surface area contributed by atoms with E-state index in [0.29, 0.717) is 19.0 Å². The summed E-state index contributed by atoms with van der Waals surface area (Å²) in [6, 6.07) is 6.00. The van der Waals surface area contributed by atoms with E-state index in [1.807, 2.05) is 19.1 Å². The van der Waals surface area contributed by atoms with Crippen LogP contribution >= 0.6 is 0 Å². The Morgan fingerprint density at radius 1 is 1.21 bits per heavy atom. The fraction of sp³-hybridized carbons (Fsp3) is 0.500. The molecule has 4 rings (SSSR count). The molecule has 0 bridgehead atoms. The fourth-order valence-electron chi connectivity index (χ4n) is 3.99. The van der Waals surface area contributed by atoms with E-state index >= 15 is 0 Å². The number of benzene rings is 1. The Morgan fingerprint density at radius 3 is 2.86 bits per heavy atom. The largest absolute Gasteiger partial charge is 0.493 e. The quantitative estimate of drug-likeness (QED) is 0.812. The van der Waals surface area contributed by atoms with Crippen LogP contribution in [0.25, 0.3) is 0 Å². The van der Waals surface area contributed by atoms with Gasteiger partial charge in [0.05, 0.1) is 30.7 Å². The first-order valence-corrected chi connectivity index (χ1v) is 10.4. The van der Waals surface area contributed by atoms with Crippen LogP contribution < -0.4 is 15.0 Å². The molecule has 0 aliphatic carbocycles. The highest BCUT2D eigenvalue weighted by molar-refractivity contribution is 5.97. The van der Waals surface area contributed by atoms with Crippen molar-refractivity contribution in [3.05, 3.63) is 51.2 Å². The third-order valence-corrected chi connectivity index (χ3v) is 5.48. The molecule has 154 valence electrons. The van der Waals surface area contributed by atoms with Crippen LogP contribution in [0, 0.1) is 0 Å². The Kier molecular flexibility index (Phi) is 5.94. The topological polar surface area (TPSA) is 79.8 Å². The van der Waals surface area contributed by atoms with Crippen molar-refractivity contribution in [1.29, 1.82) is 0 Å². The average Bonchev–Trinajstić information content (AvgIpc) is 2.76. The Labute approximate surface area is 170 Å². The van der Waals surface area contributed by atoms with Gasteiger partial charge in [0.25, 0.3) is 5.56 Å². The average molecular weight is 396 g/mol. The second-order valence-electron chi connectivity index (χ2n) is 7.50. The zero-order valence-electron chi connectivity index (χ0n) is 17.2. The maximum absolute atomic E-state index is 12.7. The van der Waals surface area contributed by atoms with Gasteiger partial charge in [-0.05, 0) is 43.9 Å². The Bertz CT molecular complexity index is 967. The van der Waals surface area contributed by atoms with E-state index in [2.05, 4.69) is 20.9 Å². The van der Waals surface area contributed by atoms with E-state index in [4.69, 9.17) is 14.5 Å². The molecule has 29 heavy (non-hydrogen) atoms. The van der Waals surface area contributed by atoms with Gasteiger partial charge in [-0.2, -0.15) is 0 Å². The normalized spacial score (nSPS) is 16.8. The lowest BCUT2D eigenvalue weighted by molar-refractivity contribution is 0.241. The minimum absolute atomic E-state index is 0.0350. The zero-order valence-corrected chi connectivity index (χ0v) is 17.2. The molecule has 0 fully saturated rings. The standard InChI is InChI=1S/C22H28N4O3/c1-3-29-19-8-7-15(12-20(19)28-2)13-26-11-9-17-16(14-26)22(27)25-21(24-17)18-6-4-5-10-23-18/h7-8,12H,3-6,9-11,13-14H2,1-2H3,(H,24,25,27). The number of rotatable bonds is 6. The molecule has 1 aromatic carbocycles. The molecule has 0 radical (unpaired) electrons. The van der Waals surface area contributed by atoms with E-state index in [-0.39, 0.29) is 5.56 Å². The molecule has 0 saturated carbocycles. The number of ether oxygens (including phenoxy) is 2. The summed E-state index contributed by atoms with van der Waals surface area (Å²) in [6.45, 7) is 5.59. The number of aromatic nitrogens is 2. The third-order valence-electron chi connectivity index (χ3n) is 5.48. The van der Waals surface area contributed by atoms with E-state index in [1.54, 1.807) is 7.11 Å². The van der Waals surface area contributed by atoms with Crippen LogP contribution in [0.5, 0.6) is 11.5 Å². The molecular formula is C22H28N4O3. The van der Waals surface area contributed by atoms with Gasteiger partial charge >= 0.3 is 0 Å². The molecule has 1 N–H and O–H groups in total. The van der Waals surface area contributed by atoms with Crippen molar-refractivity contribution in [2.75, 3.05) is 26.8 Å². The van der Waals surface area contributed by atoms with Gasteiger partial charge in [0.1, 0.15) is 0 Å². The monoisotopic (exact) mass is 396 g/mol. The summed E-state index contributed by atoms with van der Waals surface area (Å²) in [7, 11) is 1.65. The second-order valence-corrected chi connectivity index (χ2v) is 7.50. The smallest absolute Gasteiger partial charge is 0.255 e. The van der Waals surface area contributed by atoms with Crippen molar-refractivity contribution in [1.82, 2.24) is 14.9 Å². The van der Waals surface area contributed by atoms with Gasteiger partial charge in [0.2, 0.25) is 0 Å². The van der Waals surface area contributed by atoms with Crippen molar-refractivity contribution in [2.24, 2.45) is 4.99 Å². The van der Waals surface area contributed by atoms with Gasteiger partial charge in [0.15, 0.2) is 17.3 Å². The van der Waals surface area contributed by atoms with E-state index in [1.165, 1.54) is 0 Å². The van der Waals surface area contributed by atoms with Crippen LogP contribution in [-0.4, -0.2) is 47.4 Å². The summed E-state index contributed by atoms with van der Waals surface area (Å²) in [5, 5.41) is 0. The van der Waals surface area contributed by atoms with Crippen molar-refractivity contribution in [2.45, 2.75) is 45.7 Å². The second kappa shape index (κ2) is 8.78. The molecule has 0 saturated heterocycles. The third kappa shape index (κ3) is 4.34. The summed E-state index contributed by atoms with van der Waals surface area (Å²) >= 11 is 0. The van der Waals surface area contributed by atoms with Crippen LogP contribution in [0.1, 0.15) is 48.8 Å². The highest BCUT2D eigenvalue weighted by Crippen LogP contribution is 2.29. The highest BCUT2D eigenvalue weighted by Gasteiger charge is 2.23. The molecule has 0 spiro atoms. The number of methoxy groups -OCH3 is 1. The van der Waals surface area contributed by atoms with Crippen LogP contribution in [0.4, 0.5) is 0 Å². The van der Waals surface area contributed by atoms with Crippen LogP contribution in [0.15, 0.2) is 28.0 Å². The number of hydrogen-bond acceptors (Lipinski definition) is 6. The van der Waals surface area contributed by atoms with Crippen molar-refractivity contribution in [3.63, 3.8) is 0 Å². The van der Waals surface area contributed by atoms with Crippen molar-refractivity contribution < 1.29 is 9.47 Å². The van der Waals surface area contributed by atoms with Crippen LogP contribution in [0.2, 0.25) is 0 Å². The lowest BCUT2D eigenvalue weighted by Crippen LogP contribution is -2.36. The number of nitrogens with one attached hydrogen (secondary N) is 1. The Morgan fingerprint density at radius 2 is 2.10 bits per heavy atom. The number of nitrogens with zero attached hydrogens (tertiary/aromatic N) is 3. The summed E-state index contributed by atoms with van der Waals surface area (Å²) in [4.78, 5) is 27.3. The maximum atomic E-state index is 12.7. The maximum Gasteiger partial charge on any atom is 0.255 e. The predicted molar refractivity (Wildman–Crippen MR) is 112 cm³/mol. The number of aromatic amines is 1. The number of aliphatic imine (C=N–C) groups is 1. The van der Waals surface area contributed by atoms with Gasteiger partial charge in [-0.3, -0.25) is 14.7 Å². The van der Waals surface area contributed by atoms with E-state index < -0.39 is 0 Å². The van der Waals surface area contributed by atoms with Gasteiger partial charge in [0, 0.05) is 32.6 Å². The summed E-state index contributed by atoms with van der Waals surface area (Å²) < 4.78 is 11.0. The minimum atomic E-state index is -0.0350. The molecule has 1 aromatic heterocycles. The Hall–Kier alpha value is -2.67. The SMILES string of the molecule is CCOc1ccc(CN2CCc3nc(C4=NCCCC4)[nH]c(=O)c3C2)cc1OC. The van der Waals surface area contributed by atoms with Gasteiger partial charge in [-0.25, -0.2) is 4.98 Å². The zero-order chi connectivity index (χ0) is 20.2. The van der Waals surface area contributed by atoms with Crippen molar-refractivity contribution in [3.8, 4) is 11.5 Å². The lowest BCUT2D eigenvalue weighted by Gasteiger charge is -2.28. The molecule has 0 unspecified atom stereocenters. The molecule has 7 nitrogen and oxygen atoms in total. The highest BCUT2D eigenvalue weighted by atomic mass is 16.5. The summed E-state index contributed by atoms with van der Waals surface area (Å²) in [5.74, 6) is 2.15. The summed E-state index contributed by atoms with van der Waals surface area (Å²) in [6.07, 6.45) is 3.89. The van der Waals surface area contributed by atoms with E-state index in [0.717, 1.165) is 79.3 Å². The van der Waals surface area contributed by atoms with Gasteiger partial charge in [-0.15, -0.1) is 0 Å². The van der Waals surface area contributed by atoms with Crippen LogP contribution in [0.3, 0.4) is 0 Å². The van der Waals surface area contributed by atoms with Crippen LogP contribution in [-0.2, 0) is 19.5 Å². The molecule has 0 amide bonds. The molecule has 7 heteroatoms. The van der Waals surface area contributed by atoms with Gasteiger partial charge in [-0.1, -0.05) is 6.07 Å². The molecule has 2 aliphatic rings. The predicted octanol–water partition coefficient (Wildman–Crippen LogP) is 2.71. The number of hydrogen-bond donors (Lipinski definition) is 1. The first-order valence-electron chi connectivity index (χ1n) is 10.4. The molecule has 2 aliphatic heterocycles. The van der Waals surface area contributed by atoms with E-state index in [9.17, 15) is 4.79 Å². The summed E-state index contributed by atoms with van der Waals surface area (Å²) in [5.41, 5.74) is 3.73. The number of H-pyrrole nitrogens is 1. The molecule has 2 aromatic rings. The molecule has 0 atom stereocenters. The number of fused-ring (bicyclic) bond motifs is 1. The first-order chi connectivity index (χ1) is 14.2. The molecule has 3 heterocycles. The lowest BCUT2D eigenvalue weighted by atomic mass is 10.0. The molecular weight excluding hydrogens is 368 g/mol. The first kappa shape index (κ1) is 19.6.